The minimum absolute atomic E-state index is 0.0586. The molecule has 3 aromatic heterocycles. The van der Waals surface area contributed by atoms with E-state index in [1.54, 1.807) is 20.2 Å². The number of aryl methyl sites for hydroxylation is 1. The number of thiazole rings is 1. The van der Waals surface area contributed by atoms with E-state index in [9.17, 15) is 14.9 Å². The second-order valence-electron chi connectivity index (χ2n) is 9.56. The van der Waals surface area contributed by atoms with Gasteiger partial charge in [-0.1, -0.05) is 29.9 Å². The molecule has 0 unspecified atom stereocenters. The molecule has 3 aromatic rings. The average molecular weight is 589 g/mol. The monoisotopic (exact) mass is 588 g/mol. The smallest absolute Gasteiger partial charge is 0.350 e. The zero-order chi connectivity index (χ0) is 28.8. The van der Waals surface area contributed by atoms with Crippen molar-refractivity contribution in [2.24, 2.45) is 5.92 Å². The molecule has 214 valence electrons. The van der Waals surface area contributed by atoms with Crippen molar-refractivity contribution in [3.05, 3.63) is 39.2 Å². The molecular formula is C27H33ClN6O5S. The van der Waals surface area contributed by atoms with Gasteiger partial charge in [0.1, 0.15) is 22.3 Å². The van der Waals surface area contributed by atoms with Crippen LogP contribution < -0.4 is 4.90 Å². The standard InChI is InChI=1S/C27H33ClN6O5S/c1-5-11-39-20-15-34(8-6-17(20)13-19(35)22-18(14-29)21(28)16(2)31-22)27-32-23(24(40-27)26(36)38-4)25-30-7-9-33(25)10-12-37-3/h7,9,17,20,31H,5-6,8,10-13,15H2,1-4H3/t17-,20-/m0/s1. The van der Waals surface area contributed by atoms with Crippen LogP contribution in [0.5, 0.6) is 0 Å². The van der Waals surface area contributed by atoms with E-state index in [0.717, 1.165) is 6.42 Å². The number of aromatic amines is 1. The number of aromatic nitrogens is 4. The number of anilines is 1. The number of nitriles is 1. The lowest BCUT2D eigenvalue weighted by molar-refractivity contribution is 0.00383. The van der Waals surface area contributed by atoms with Gasteiger partial charge in [0.15, 0.2) is 16.7 Å². The minimum atomic E-state index is -0.479. The number of carbonyl (C=O) groups is 2. The molecule has 1 aliphatic heterocycles. The maximum absolute atomic E-state index is 13.2. The molecule has 1 N–H and O–H groups in total. The van der Waals surface area contributed by atoms with E-state index >= 15 is 0 Å². The predicted molar refractivity (Wildman–Crippen MR) is 151 cm³/mol. The largest absolute Gasteiger partial charge is 0.465 e. The number of carbonyl (C=O) groups excluding carboxylic acids is 2. The molecule has 0 aromatic carbocycles. The van der Waals surface area contributed by atoms with Crippen molar-refractivity contribution in [3.63, 3.8) is 0 Å². The number of hydrogen-bond donors (Lipinski definition) is 1. The predicted octanol–water partition coefficient (Wildman–Crippen LogP) is 4.50. The van der Waals surface area contributed by atoms with Gasteiger partial charge in [-0.25, -0.2) is 14.8 Å². The van der Waals surface area contributed by atoms with Crippen molar-refractivity contribution < 1.29 is 23.8 Å². The van der Waals surface area contributed by atoms with Crippen molar-refractivity contribution >= 4 is 39.8 Å². The molecule has 0 radical (unpaired) electrons. The number of hydrogen-bond acceptors (Lipinski definition) is 10. The molecule has 1 aliphatic rings. The van der Waals surface area contributed by atoms with Crippen LogP contribution in [0.25, 0.3) is 11.5 Å². The molecule has 4 rings (SSSR count). The second kappa shape index (κ2) is 13.4. The van der Waals surface area contributed by atoms with Crippen LogP contribution in [0.15, 0.2) is 12.4 Å². The summed E-state index contributed by atoms with van der Waals surface area (Å²) in [6.45, 7) is 6.48. The van der Waals surface area contributed by atoms with Gasteiger partial charge in [0.05, 0.1) is 30.4 Å². The Morgan fingerprint density at radius 2 is 2.12 bits per heavy atom. The third kappa shape index (κ3) is 6.23. The van der Waals surface area contributed by atoms with Gasteiger partial charge in [-0.3, -0.25) is 4.79 Å². The first-order valence-electron chi connectivity index (χ1n) is 13.1. The maximum Gasteiger partial charge on any atom is 0.350 e. The first-order valence-corrected chi connectivity index (χ1v) is 14.3. The number of H-pyrrole nitrogens is 1. The van der Waals surface area contributed by atoms with E-state index in [0.29, 0.717) is 66.5 Å². The Morgan fingerprint density at radius 1 is 1.32 bits per heavy atom. The van der Waals surface area contributed by atoms with Crippen LogP contribution in [-0.2, 0) is 20.8 Å². The quantitative estimate of drug-likeness (QED) is 0.240. The van der Waals surface area contributed by atoms with E-state index in [4.69, 9.17) is 30.8 Å². The highest BCUT2D eigenvalue weighted by atomic mass is 35.5. The molecule has 1 saturated heterocycles. The van der Waals surface area contributed by atoms with Gasteiger partial charge in [-0.2, -0.15) is 5.26 Å². The van der Waals surface area contributed by atoms with Gasteiger partial charge in [0, 0.05) is 57.9 Å². The van der Waals surface area contributed by atoms with Crippen molar-refractivity contribution in [1.29, 1.82) is 5.26 Å². The van der Waals surface area contributed by atoms with E-state index in [-0.39, 0.29) is 40.5 Å². The fraction of sp³-hybridized carbons (Fsp3) is 0.519. The lowest BCUT2D eigenvalue weighted by atomic mass is 9.88. The van der Waals surface area contributed by atoms with Crippen LogP contribution in [0.1, 0.15) is 57.6 Å². The van der Waals surface area contributed by atoms with Crippen molar-refractivity contribution in [2.75, 3.05) is 45.4 Å². The van der Waals surface area contributed by atoms with Crippen molar-refractivity contribution in [3.8, 4) is 17.6 Å². The number of ketones is 1. The average Bonchev–Trinajstić information content (AvgIpc) is 3.68. The summed E-state index contributed by atoms with van der Waals surface area (Å²) in [6, 6.07) is 2.04. The molecule has 0 aliphatic carbocycles. The summed E-state index contributed by atoms with van der Waals surface area (Å²) in [6.07, 6.45) is 4.97. The van der Waals surface area contributed by atoms with Gasteiger partial charge in [0.2, 0.25) is 0 Å². The van der Waals surface area contributed by atoms with Crippen LogP contribution in [0.4, 0.5) is 5.13 Å². The summed E-state index contributed by atoms with van der Waals surface area (Å²) in [5.41, 5.74) is 1.48. The summed E-state index contributed by atoms with van der Waals surface area (Å²) < 4.78 is 18.4. The number of piperidine rings is 1. The van der Waals surface area contributed by atoms with Crippen LogP contribution in [-0.4, -0.2) is 77.9 Å². The highest BCUT2D eigenvalue weighted by Gasteiger charge is 2.35. The first-order chi connectivity index (χ1) is 19.3. The zero-order valence-electron chi connectivity index (χ0n) is 23.0. The Balaban J connectivity index is 1.58. The fourth-order valence-corrected chi connectivity index (χ4v) is 6.01. The van der Waals surface area contributed by atoms with Crippen molar-refractivity contribution in [1.82, 2.24) is 19.5 Å². The van der Waals surface area contributed by atoms with Gasteiger partial charge in [0.25, 0.3) is 0 Å². The fourth-order valence-electron chi connectivity index (χ4n) is 4.81. The van der Waals surface area contributed by atoms with E-state index < -0.39 is 5.97 Å². The number of ether oxygens (including phenoxy) is 3. The SMILES string of the molecule is CCCO[C@H]1CN(c2nc(-c3nccn3CCOC)c(C(=O)OC)s2)CC[C@H]1CC(=O)c1[nH]c(C)c(Cl)c1C#N. The summed E-state index contributed by atoms with van der Waals surface area (Å²) in [5.74, 6) is -0.140. The number of nitrogens with zero attached hydrogens (tertiary/aromatic N) is 5. The first kappa shape index (κ1) is 29.7. The maximum atomic E-state index is 13.2. The molecule has 0 bridgehead atoms. The van der Waals surface area contributed by atoms with Crippen molar-refractivity contribution in [2.45, 2.75) is 45.8 Å². The molecule has 0 amide bonds. The number of halogens is 1. The molecule has 1 fully saturated rings. The summed E-state index contributed by atoms with van der Waals surface area (Å²) >= 11 is 7.47. The summed E-state index contributed by atoms with van der Waals surface area (Å²) in [5, 5.41) is 10.5. The Bertz CT molecular complexity index is 1390. The Labute approximate surface area is 242 Å². The molecule has 40 heavy (non-hydrogen) atoms. The van der Waals surface area contributed by atoms with Gasteiger partial charge < -0.3 is 28.7 Å². The Hall–Kier alpha value is -3.24. The molecule has 13 heteroatoms. The second-order valence-corrected chi connectivity index (χ2v) is 10.9. The van der Waals surface area contributed by atoms with Crippen LogP contribution in [0.3, 0.4) is 0 Å². The van der Waals surface area contributed by atoms with Gasteiger partial charge in [-0.15, -0.1) is 0 Å². The number of nitrogens with one attached hydrogen (secondary N) is 1. The molecule has 11 nitrogen and oxygen atoms in total. The van der Waals surface area contributed by atoms with Gasteiger partial charge in [-0.05, 0) is 25.7 Å². The number of Topliss-reactive ketones (excluding diaryl/α,β-unsaturated/α-hetero) is 1. The third-order valence-electron chi connectivity index (χ3n) is 6.90. The number of esters is 1. The van der Waals surface area contributed by atoms with Crippen LogP contribution in [0.2, 0.25) is 5.02 Å². The lowest BCUT2D eigenvalue weighted by Gasteiger charge is -2.38. The van der Waals surface area contributed by atoms with E-state index in [1.165, 1.54) is 18.4 Å². The Morgan fingerprint density at radius 3 is 2.83 bits per heavy atom. The molecule has 0 saturated carbocycles. The zero-order valence-corrected chi connectivity index (χ0v) is 24.6. The van der Waals surface area contributed by atoms with Gasteiger partial charge >= 0.3 is 5.97 Å². The summed E-state index contributed by atoms with van der Waals surface area (Å²) in [7, 11) is 2.97. The normalized spacial score (nSPS) is 17.1. The van der Waals surface area contributed by atoms with Crippen LogP contribution in [0, 0.1) is 24.2 Å². The Kier molecular flexibility index (Phi) is 9.97. The molecule has 0 spiro atoms. The number of methoxy groups -OCH3 is 2. The molecular weight excluding hydrogens is 556 g/mol. The third-order valence-corrected chi connectivity index (χ3v) is 8.47. The van der Waals surface area contributed by atoms with Crippen LogP contribution >= 0.6 is 22.9 Å². The van der Waals surface area contributed by atoms with E-state index in [2.05, 4.69) is 14.9 Å². The molecule has 4 heterocycles. The topological polar surface area (TPSA) is 135 Å². The molecule has 2 atom stereocenters. The highest BCUT2D eigenvalue weighted by molar-refractivity contribution is 7.17. The van der Waals surface area contributed by atoms with E-state index in [1.807, 2.05) is 23.8 Å². The number of rotatable bonds is 12. The summed E-state index contributed by atoms with van der Waals surface area (Å²) in [4.78, 5) is 40.7. The highest BCUT2D eigenvalue weighted by Crippen LogP contribution is 2.36. The lowest BCUT2D eigenvalue weighted by Crippen LogP contribution is -2.46. The minimum Gasteiger partial charge on any atom is -0.465 e. The number of imidazole rings is 1.